The number of fused-ring (bicyclic) bond motifs is 2. The molecule has 2 fully saturated rings. The van der Waals surface area contributed by atoms with Crippen LogP contribution in [-0.2, 0) is 9.47 Å². The van der Waals surface area contributed by atoms with Gasteiger partial charge in [-0.15, -0.1) is 0 Å². The fourth-order valence-electron chi connectivity index (χ4n) is 5.60. The molecule has 0 aromatic carbocycles. The summed E-state index contributed by atoms with van der Waals surface area (Å²) in [5, 5.41) is 67.4. The van der Waals surface area contributed by atoms with Crippen molar-refractivity contribution < 1.29 is 40.1 Å². The Bertz CT molecular complexity index is 1520. The molecule has 2 saturated heterocycles. The molecule has 0 amide bonds. The fourth-order valence-corrected chi connectivity index (χ4v) is 5.60. The summed E-state index contributed by atoms with van der Waals surface area (Å²) in [7, 11) is 0. The summed E-state index contributed by atoms with van der Waals surface area (Å²) in [6.07, 6.45) is -4.74. The molecular weight excluding hydrogens is 596 g/mol. The van der Waals surface area contributed by atoms with Gasteiger partial charge in [-0.2, -0.15) is 0 Å². The minimum absolute atomic E-state index is 0.135. The summed E-state index contributed by atoms with van der Waals surface area (Å²) < 4.78 is 14.4. The predicted molar refractivity (Wildman–Crippen MR) is 156 cm³/mol. The van der Waals surface area contributed by atoms with Gasteiger partial charge < -0.3 is 62.2 Å². The molecule has 2 aliphatic heterocycles. The van der Waals surface area contributed by atoms with Crippen LogP contribution >= 0.6 is 0 Å². The number of nitrogens with one attached hydrogen (secondary N) is 2. The number of nitrogen functional groups attached to an aromatic ring is 2. The van der Waals surface area contributed by atoms with E-state index in [2.05, 4.69) is 40.5 Å². The van der Waals surface area contributed by atoms with Crippen molar-refractivity contribution in [2.24, 2.45) is 0 Å². The van der Waals surface area contributed by atoms with Gasteiger partial charge in [0.1, 0.15) is 49.3 Å². The smallest absolute Gasteiger partial charge is 0.207 e. The third-order valence-electron chi connectivity index (χ3n) is 7.97. The van der Waals surface area contributed by atoms with E-state index in [1.54, 1.807) is 0 Å². The second-order valence-electron chi connectivity index (χ2n) is 10.8. The van der Waals surface area contributed by atoms with E-state index in [1.807, 2.05) is 0 Å². The molecule has 0 spiro atoms. The molecule has 2 aliphatic rings. The maximum absolute atomic E-state index is 10.6. The lowest BCUT2D eigenvalue weighted by atomic mass is 10.1. The summed E-state index contributed by atoms with van der Waals surface area (Å²) in [6, 6.07) is 0. The van der Waals surface area contributed by atoms with Crippen molar-refractivity contribution in [1.29, 1.82) is 0 Å². The maximum atomic E-state index is 10.6. The number of rotatable bonds is 12. The van der Waals surface area contributed by atoms with E-state index in [0.717, 1.165) is 6.42 Å². The lowest BCUT2D eigenvalue weighted by Gasteiger charge is -2.20. The van der Waals surface area contributed by atoms with Crippen LogP contribution in [-0.4, -0.2) is 133 Å². The highest BCUT2D eigenvalue weighted by Crippen LogP contribution is 2.36. The Morgan fingerprint density at radius 2 is 1.07 bits per heavy atom. The van der Waals surface area contributed by atoms with Crippen molar-refractivity contribution in [3.8, 4) is 0 Å². The van der Waals surface area contributed by atoms with E-state index < -0.39 is 62.3 Å². The van der Waals surface area contributed by atoms with Gasteiger partial charge in [0.05, 0.1) is 13.2 Å². The Labute approximate surface area is 254 Å². The third kappa shape index (κ3) is 5.55. The standard InChI is InChI=1S/C25H36N12O8/c26-18-12-20(32-8-30-18)36(22-16(42)14(40)10(6-38)44-22)24(34-12)28-4-2-1-3-5-29-25-35-13-19(27)31-9-33-21(13)37(25)23-17(43)15(41)11(7-39)45-23/h8-11,14-17,22-23,38-43H,1-7H2,(H,28,34)(H,29,35)(H2,26,30,32)(H2,27,31,33)/t10-,11-,14-,15-,16-,17-,22-,23-/m1/s1. The number of nitrogens with zero attached hydrogens (tertiary/aromatic N) is 8. The quantitative estimate of drug-likeness (QED) is 0.0698. The van der Waals surface area contributed by atoms with E-state index in [0.29, 0.717) is 60.2 Å². The first-order chi connectivity index (χ1) is 21.7. The SMILES string of the molecule is Nc1ncnc2c1nc(NCCCCCNc1nc3c(N)ncnc3n1[C@@H]1O[C@H](CO)[C@@H](O)[C@H]1O)n2[C@@H]1O[C@H](CO)[C@@H](O)[C@H]1O. The predicted octanol–water partition coefficient (Wildman–Crippen LogP) is -2.95. The van der Waals surface area contributed by atoms with Gasteiger partial charge in [-0.05, 0) is 19.3 Å². The first kappa shape index (κ1) is 31.0. The number of nitrogens with two attached hydrogens (primary N) is 2. The van der Waals surface area contributed by atoms with Crippen LogP contribution < -0.4 is 22.1 Å². The number of aliphatic hydroxyl groups excluding tert-OH is 6. The molecule has 4 aromatic heterocycles. The van der Waals surface area contributed by atoms with Crippen LogP contribution in [0.25, 0.3) is 22.3 Å². The Morgan fingerprint density at radius 1 is 0.644 bits per heavy atom. The zero-order chi connectivity index (χ0) is 31.8. The van der Waals surface area contributed by atoms with Crippen molar-refractivity contribution in [1.82, 2.24) is 39.0 Å². The van der Waals surface area contributed by atoms with E-state index in [4.69, 9.17) is 20.9 Å². The second-order valence-corrected chi connectivity index (χ2v) is 10.8. The monoisotopic (exact) mass is 632 g/mol. The molecule has 244 valence electrons. The maximum Gasteiger partial charge on any atom is 0.207 e. The number of anilines is 4. The van der Waals surface area contributed by atoms with Crippen LogP contribution in [0.3, 0.4) is 0 Å². The molecule has 8 atom stereocenters. The molecule has 12 N–H and O–H groups in total. The molecular formula is C25H36N12O8. The van der Waals surface area contributed by atoms with Crippen LogP contribution in [0.15, 0.2) is 12.7 Å². The molecule has 0 radical (unpaired) electrons. The van der Waals surface area contributed by atoms with Gasteiger partial charge in [0.2, 0.25) is 11.9 Å². The largest absolute Gasteiger partial charge is 0.394 e. The molecule has 0 aliphatic carbocycles. The topological polar surface area (TPSA) is 303 Å². The zero-order valence-corrected chi connectivity index (χ0v) is 24.0. The molecule has 0 bridgehead atoms. The minimum Gasteiger partial charge on any atom is -0.394 e. The van der Waals surface area contributed by atoms with Crippen molar-refractivity contribution in [3.05, 3.63) is 12.7 Å². The van der Waals surface area contributed by atoms with Crippen LogP contribution in [0.4, 0.5) is 23.5 Å². The van der Waals surface area contributed by atoms with Crippen LogP contribution in [0, 0.1) is 0 Å². The first-order valence-electron chi connectivity index (χ1n) is 14.4. The van der Waals surface area contributed by atoms with E-state index >= 15 is 0 Å². The van der Waals surface area contributed by atoms with Crippen molar-refractivity contribution in [2.45, 2.75) is 68.3 Å². The van der Waals surface area contributed by atoms with Gasteiger partial charge in [0, 0.05) is 13.1 Å². The van der Waals surface area contributed by atoms with Crippen LogP contribution in [0.2, 0.25) is 0 Å². The first-order valence-corrected chi connectivity index (χ1v) is 14.4. The molecule has 0 saturated carbocycles. The summed E-state index contributed by atoms with van der Waals surface area (Å²) in [5.41, 5.74) is 13.2. The van der Waals surface area contributed by atoms with Crippen LogP contribution in [0.1, 0.15) is 31.7 Å². The van der Waals surface area contributed by atoms with E-state index in [-0.39, 0.29) is 11.6 Å². The number of imidazole rings is 2. The number of unbranched alkanes of at least 4 members (excludes halogenated alkanes) is 2. The van der Waals surface area contributed by atoms with Crippen LogP contribution in [0.5, 0.6) is 0 Å². The Morgan fingerprint density at radius 3 is 1.44 bits per heavy atom. The average Bonchev–Trinajstić information content (AvgIpc) is 3.75. The summed E-state index contributed by atoms with van der Waals surface area (Å²) in [6.45, 7) is -0.0191. The summed E-state index contributed by atoms with van der Waals surface area (Å²) in [4.78, 5) is 25.4. The Kier molecular flexibility index (Phi) is 8.79. The highest BCUT2D eigenvalue weighted by atomic mass is 16.6. The molecule has 0 unspecified atom stereocenters. The molecule has 6 rings (SSSR count). The van der Waals surface area contributed by atoms with E-state index in [1.165, 1.54) is 21.8 Å². The lowest BCUT2D eigenvalue weighted by Crippen LogP contribution is -2.33. The van der Waals surface area contributed by atoms with Gasteiger partial charge in [-0.3, -0.25) is 9.13 Å². The lowest BCUT2D eigenvalue weighted by molar-refractivity contribution is -0.0501. The highest BCUT2D eigenvalue weighted by Gasteiger charge is 2.46. The molecule has 6 heterocycles. The summed E-state index contributed by atoms with van der Waals surface area (Å²) in [5.74, 6) is 0.873. The fraction of sp³-hybridized carbons (Fsp3) is 0.600. The normalized spacial score (nSPS) is 28.4. The Hall–Kier alpha value is -4.02. The number of aliphatic hydroxyl groups is 6. The van der Waals surface area contributed by atoms with E-state index in [9.17, 15) is 30.6 Å². The molecule has 4 aromatic rings. The van der Waals surface area contributed by atoms with Gasteiger partial charge >= 0.3 is 0 Å². The summed E-state index contributed by atoms with van der Waals surface area (Å²) >= 11 is 0. The average molecular weight is 633 g/mol. The second kappa shape index (κ2) is 12.8. The van der Waals surface area contributed by atoms with Crippen molar-refractivity contribution >= 4 is 45.9 Å². The zero-order valence-electron chi connectivity index (χ0n) is 24.0. The number of aromatic nitrogens is 8. The van der Waals surface area contributed by atoms with Gasteiger partial charge in [0.25, 0.3) is 0 Å². The number of ether oxygens (including phenoxy) is 2. The minimum atomic E-state index is -1.35. The van der Waals surface area contributed by atoms with Gasteiger partial charge in [0.15, 0.2) is 46.4 Å². The third-order valence-corrected chi connectivity index (χ3v) is 7.97. The van der Waals surface area contributed by atoms with Crippen molar-refractivity contribution in [2.75, 3.05) is 48.4 Å². The molecule has 20 nitrogen and oxygen atoms in total. The Balaban J connectivity index is 1.09. The van der Waals surface area contributed by atoms with Gasteiger partial charge in [-0.1, -0.05) is 0 Å². The van der Waals surface area contributed by atoms with Gasteiger partial charge in [-0.25, -0.2) is 29.9 Å². The molecule has 20 heteroatoms. The number of hydrogen-bond donors (Lipinski definition) is 10. The van der Waals surface area contributed by atoms with Crippen molar-refractivity contribution in [3.63, 3.8) is 0 Å². The highest BCUT2D eigenvalue weighted by molar-refractivity contribution is 5.84. The number of hydrogen-bond acceptors (Lipinski definition) is 18. The molecule has 45 heavy (non-hydrogen) atoms.